The van der Waals surface area contributed by atoms with Crippen LogP contribution in [0.2, 0.25) is 0 Å². The average Bonchev–Trinajstić information content (AvgIpc) is 3.10. The van der Waals surface area contributed by atoms with Gasteiger partial charge in [0.2, 0.25) is 0 Å². The predicted molar refractivity (Wildman–Crippen MR) is 94.9 cm³/mol. The number of fused-ring (bicyclic) bond motifs is 1. The third kappa shape index (κ3) is 2.84. The normalized spacial score (nSPS) is 16.6. The van der Waals surface area contributed by atoms with Gasteiger partial charge in [0.15, 0.2) is 0 Å². The smallest absolute Gasteiger partial charge is 0.254 e. The number of aryl methyl sites for hydroxylation is 1. The maximum atomic E-state index is 13.2. The van der Waals surface area contributed by atoms with Gasteiger partial charge in [0.1, 0.15) is 5.82 Å². The third-order valence-electron chi connectivity index (χ3n) is 4.78. The van der Waals surface area contributed by atoms with Crippen LogP contribution < -0.4 is 0 Å². The molecular weight excluding hydrogens is 315 g/mol. The van der Waals surface area contributed by atoms with Crippen molar-refractivity contribution in [2.45, 2.75) is 19.5 Å². The maximum absolute atomic E-state index is 13.2. The lowest BCUT2D eigenvalue weighted by atomic mass is 9.98. The Balaban J connectivity index is 1.76. The summed E-state index contributed by atoms with van der Waals surface area (Å²) in [4.78, 5) is 15.0. The van der Waals surface area contributed by atoms with E-state index in [1.54, 1.807) is 12.1 Å². The molecule has 1 amide bonds. The highest BCUT2D eigenvalue weighted by atomic mass is 19.1. The lowest BCUT2D eigenvalue weighted by Crippen LogP contribution is -2.42. The number of nitrogens with zero attached hydrogens (tertiary/aromatic N) is 2. The summed E-state index contributed by atoms with van der Waals surface area (Å²) < 4.78 is 15.4. The van der Waals surface area contributed by atoms with Crippen molar-refractivity contribution in [1.29, 1.82) is 0 Å². The zero-order chi connectivity index (χ0) is 17.4. The Hall–Kier alpha value is -2.88. The molecule has 0 radical (unpaired) electrons. The number of benzene rings is 2. The van der Waals surface area contributed by atoms with Crippen molar-refractivity contribution >= 4 is 5.91 Å². The Morgan fingerprint density at radius 3 is 2.44 bits per heavy atom. The van der Waals surface area contributed by atoms with E-state index in [4.69, 9.17) is 0 Å². The molecule has 0 aliphatic carbocycles. The average molecular weight is 334 g/mol. The highest BCUT2D eigenvalue weighted by Gasteiger charge is 2.32. The summed E-state index contributed by atoms with van der Waals surface area (Å²) in [6, 6.07) is 18.0. The number of aromatic nitrogens is 1. The van der Waals surface area contributed by atoms with Crippen LogP contribution in [0, 0.1) is 12.7 Å². The molecule has 4 heteroatoms. The van der Waals surface area contributed by atoms with Gasteiger partial charge in [0.25, 0.3) is 5.91 Å². The van der Waals surface area contributed by atoms with E-state index in [1.807, 2.05) is 11.0 Å². The van der Waals surface area contributed by atoms with Crippen molar-refractivity contribution in [3.8, 4) is 0 Å². The Labute approximate surface area is 146 Å². The van der Waals surface area contributed by atoms with Gasteiger partial charge in [-0.25, -0.2) is 4.39 Å². The van der Waals surface area contributed by atoms with Gasteiger partial charge in [-0.1, -0.05) is 29.8 Å². The van der Waals surface area contributed by atoms with E-state index >= 15 is 0 Å². The molecule has 1 aliphatic rings. The van der Waals surface area contributed by atoms with Crippen LogP contribution in [0.4, 0.5) is 4.39 Å². The molecule has 2 aromatic carbocycles. The number of hydrogen-bond acceptors (Lipinski definition) is 1. The van der Waals surface area contributed by atoms with Crippen LogP contribution in [0.25, 0.3) is 0 Å². The van der Waals surface area contributed by atoms with E-state index in [0.717, 1.165) is 17.8 Å². The minimum atomic E-state index is -0.334. The Morgan fingerprint density at radius 1 is 1.00 bits per heavy atom. The molecule has 0 saturated carbocycles. The van der Waals surface area contributed by atoms with Gasteiger partial charge >= 0.3 is 0 Å². The summed E-state index contributed by atoms with van der Waals surface area (Å²) in [5.74, 6) is -0.405. The van der Waals surface area contributed by atoms with Gasteiger partial charge < -0.3 is 9.47 Å². The number of amides is 1. The fraction of sp³-hybridized carbons (Fsp3) is 0.190. The third-order valence-corrected chi connectivity index (χ3v) is 4.78. The molecule has 0 unspecified atom stereocenters. The number of carbonyl (C=O) groups excluding carboxylic acids is 1. The van der Waals surface area contributed by atoms with Gasteiger partial charge in [-0.2, -0.15) is 0 Å². The molecule has 0 bridgehead atoms. The van der Waals surface area contributed by atoms with Gasteiger partial charge in [0.05, 0.1) is 6.04 Å². The maximum Gasteiger partial charge on any atom is 0.254 e. The van der Waals surface area contributed by atoms with Crippen molar-refractivity contribution in [2.24, 2.45) is 0 Å². The molecule has 3 nitrogen and oxygen atoms in total. The summed E-state index contributed by atoms with van der Waals surface area (Å²) in [6.45, 7) is 3.43. The van der Waals surface area contributed by atoms with Crippen LogP contribution in [-0.2, 0) is 6.54 Å². The van der Waals surface area contributed by atoms with Crippen LogP contribution in [-0.4, -0.2) is 21.9 Å². The second-order valence-electron chi connectivity index (χ2n) is 6.45. The molecule has 2 heterocycles. The molecule has 4 rings (SSSR count). The zero-order valence-corrected chi connectivity index (χ0v) is 14.0. The van der Waals surface area contributed by atoms with Crippen molar-refractivity contribution in [3.63, 3.8) is 0 Å². The molecule has 0 spiro atoms. The number of rotatable bonds is 2. The van der Waals surface area contributed by atoms with E-state index in [0.29, 0.717) is 12.1 Å². The topological polar surface area (TPSA) is 25.2 Å². The molecule has 1 aromatic heterocycles. The SMILES string of the molecule is Cc1ccc([C@H]2c3cccn3CCN2C(=O)c2ccc(F)cc2)cc1. The van der Waals surface area contributed by atoms with E-state index in [9.17, 15) is 9.18 Å². The number of carbonyl (C=O) groups is 1. The zero-order valence-electron chi connectivity index (χ0n) is 14.0. The van der Waals surface area contributed by atoms with Crippen molar-refractivity contribution < 1.29 is 9.18 Å². The fourth-order valence-electron chi connectivity index (χ4n) is 3.46. The Kier molecular flexibility index (Phi) is 3.88. The van der Waals surface area contributed by atoms with Gasteiger partial charge in [-0.05, 0) is 48.9 Å². The Morgan fingerprint density at radius 2 is 1.72 bits per heavy atom. The van der Waals surface area contributed by atoms with Crippen molar-refractivity contribution in [2.75, 3.05) is 6.54 Å². The van der Waals surface area contributed by atoms with Crippen LogP contribution in [0.3, 0.4) is 0 Å². The van der Waals surface area contributed by atoms with Crippen LogP contribution >= 0.6 is 0 Å². The first-order valence-electron chi connectivity index (χ1n) is 8.41. The molecular formula is C21H19FN2O. The second-order valence-corrected chi connectivity index (χ2v) is 6.45. The molecule has 1 aliphatic heterocycles. The highest BCUT2D eigenvalue weighted by molar-refractivity contribution is 5.94. The van der Waals surface area contributed by atoms with Crippen molar-refractivity contribution in [1.82, 2.24) is 9.47 Å². The Bertz CT molecular complexity index is 896. The highest BCUT2D eigenvalue weighted by Crippen LogP contribution is 2.33. The molecule has 126 valence electrons. The summed E-state index contributed by atoms with van der Waals surface area (Å²) >= 11 is 0. The van der Waals surface area contributed by atoms with Crippen LogP contribution in [0.1, 0.15) is 33.2 Å². The summed E-state index contributed by atoms with van der Waals surface area (Å²) in [6.07, 6.45) is 2.05. The second kappa shape index (κ2) is 6.20. The fourth-order valence-corrected chi connectivity index (χ4v) is 3.46. The molecule has 0 N–H and O–H groups in total. The van der Waals surface area contributed by atoms with Crippen LogP contribution in [0.15, 0.2) is 66.9 Å². The number of halogens is 1. The minimum absolute atomic E-state index is 0.0713. The van der Waals surface area contributed by atoms with Gasteiger partial charge in [0, 0.05) is 30.5 Å². The summed E-state index contributed by atoms with van der Waals surface area (Å²) in [5, 5.41) is 0. The molecule has 0 saturated heterocycles. The van der Waals surface area contributed by atoms with Gasteiger partial charge in [-0.3, -0.25) is 4.79 Å². The first-order valence-corrected chi connectivity index (χ1v) is 8.41. The standard InChI is InChI=1S/C21H19FN2O/c1-15-4-6-16(7-5-15)20-19-3-2-12-23(19)13-14-24(20)21(25)17-8-10-18(22)11-9-17/h2-12,20H,13-14H2,1H3/t20-/m0/s1. The lowest BCUT2D eigenvalue weighted by Gasteiger charge is -2.37. The molecule has 25 heavy (non-hydrogen) atoms. The minimum Gasteiger partial charge on any atom is -0.348 e. The van der Waals surface area contributed by atoms with Crippen molar-refractivity contribution in [3.05, 3.63) is 95.1 Å². The summed E-state index contributed by atoms with van der Waals surface area (Å²) in [5.41, 5.74) is 3.89. The molecule has 0 fully saturated rings. The van der Waals surface area contributed by atoms with Gasteiger partial charge in [-0.15, -0.1) is 0 Å². The predicted octanol–water partition coefficient (Wildman–Crippen LogP) is 4.18. The lowest BCUT2D eigenvalue weighted by molar-refractivity contribution is 0.0664. The first-order chi connectivity index (χ1) is 12.1. The monoisotopic (exact) mass is 334 g/mol. The van der Waals surface area contributed by atoms with E-state index in [-0.39, 0.29) is 17.8 Å². The summed E-state index contributed by atoms with van der Waals surface area (Å²) in [7, 11) is 0. The van der Waals surface area contributed by atoms with E-state index in [2.05, 4.69) is 48.0 Å². The molecule has 1 atom stereocenters. The van der Waals surface area contributed by atoms with E-state index < -0.39 is 0 Å². The van der Waals surface area contributed by atoms with E-state index in [1.165, 1.54) is 17.7 Å². The molecule has 3 aromatic rings. The first kappa shape index (κ1) is 15.6. The van der Waals surface area contributed by atoms with Crippen LogP contribution in [0.5, 0.6) is 0 Å². The number of hydrogen-bond donors (Lipinski definition) is 0. The quantitative estimate of drug-likeness (QED) is 0.690. The largest absolute Gasteiger partial charge is 0.348 e.